The van der Waals surface area contributed by atoms with Gasteiger partial charge in [-0.05, 0) is 34.1 Å². The molecular formula is C11H7BrFNS. The van der Waals surface area contributed by atoms with Crippen molar-refractivity contribution in [3.05, 3.63) is 53.0 Å². The summed E-state index contributed by atoms with van der Waals surface area (Å²) in [5.41, 5.74) is 0. The molecule has 0 aliphatic rings. The second kappa shape index (κ2) is 4.77. The van der Waals surface area contributed by atoms with Gasteiger partial charge in [-0.2, -0.15) is 0 Å². The molecular weight excluding hydrogens is 277 g/mol. The maximum Gasteiger partial charge on any atom is 0.137 e. The van der Waals surface area contributed by atoms with Crippen LogP contribution in [0.4, 0.5) is 4.39 Å². The van der Waals surface area contributed by atoms with E-state index in [-0.39, 0.29) is 5.82 Å². The van der Waals surface area contributed by atoms with Crippen LogP contribution in [0, 0.1) is 5.82 Å². The van der Waals surface area contributed by atoms with E-state index in [4.69, 9.17) is 0 Å². The van der Waals surface area contributed by atoms with E-state index in [1.54, 1.807) is 24.5 Å². The Balaban J connectivity index is 2.30. The number of hydrogen-bond acceptors (Lipinski definition) is 2. The van der Waals surface area contributed by atoms with Gasteiger partial charge in [0, 0.05) is 26.7 Å². The highest BCUT2D eigenvalue weighted by Crippen LogP contribution is 2.33. The number of pyridine rings is 1. The summed E-state index contributed by atoms with van der Waals surface area (Å²) in [6.45, 7) is 0. The van der Waals surface area contributed by atoms with Crippen LogP contribution in [0.3, 0.4) is 0 Å². The predicted octanol–water partition coefficient (Wildman–Crippen LogP) is 4.13. The zero-order chi connectivity index (χ0) is 10.7. The van der Waals surface area contributed by atoms with E-state index in [1.807, 2.05) is 12.1 Å². The molecule has 0 aliphatic carbocycles. The summed E-state index contributed by atoms with van der Waals surface area (Å²) in [7, 11) is 0. The topological polar surface area (TPSA) is 12.9 Å². The fourth-order valence-corrected chi connectivity index (χ4v) is 2.41. The first-order valence-electron chi connectivity index (χ1n) is 4.29. The minimum absolute atomic E-state index is 0.203. The molecule has 0 saturated carbocycles. The molecule has 1 aromatic carbocycles. The van der Waals surface area contributed by atoms with Crippen molar-refractivity contribution in [1.82, 2.24) is 4.98 Å². The largest absolute Gasteiger partial charge is 0.263 e. The van der Waals surface area contributed by atoms with E-state index in [0.29, 0.717) is 4.90 Å². The van der Waals surface area contributed by atoms with Gasteiger partial charge in [-0.1, -0.05) is 23.9 Å². The Kier molecular flexibility index (Phi) is 3.38. The summed E-state index contributed by atoms with van der Waals surface area (Å²) in [4.78, 5) is 5.52. The van der Waals surface area contributed by atoms with E-state index >= 15 is 0 Å². The van der Waals surface area contributed by atoms with E-state index in [0.717, 1.165) is 9.37 Å². The third-order valence-corrected chi connectivity index (χ3v) is 3.81. The van der Waals surface area contributed by atoms with Crippen LogP contribution >= 0.6 is 27.7 Å². The second-order valence-corrected chi connectivity index (χ2v) is 4.78. The molecule has 15 heavy (non-hydrogen) atoms. The van der Waals surface area contributed by atoms with E-state index in [2.05, 4.69) is 20.9 Å². The van der Waals surface area contributed by atoms with Crippen LogP contribution in [0.5, 0.6) is 0 Å². The van der Waals surface area contributed by atoms with E-state index in [1.165, 1.54) is 17.8 Å². The lowest BCUT2D eigenvalue weighted by Crippen LogP contribution is -1.81. The monoisotopic (exact) mass is 283 g/mol. The second-order valence-electron chi connectivity index (χ2n) is 2.84. The van der Waals surface area contributed by atoms with Gasteiger partial charge >= 0.3 is 0 Å². The van der Waals surface area contributed by atoms with Crippen molar-refractivity contribution in [3.63, 3.8) is 0 Å². The van der Waals surface area contributed by atoms with Crippen LogP contribution in [0.1, 0.15) is 0 Å². The molecule has 1 heterocycles. The Morgan fingerprint density at radius 3 is 2.67 bits per heavy atom. The molecule has 0 aliphatic heterocycles. The van der Waals surface area contributed by atoms with Gasteiger partial charge in [0.2, 0.25) is 0 Å². The predicted molar refractivity (Wildman–Crippen MR) is 62.5 cm³/mol. The quantitative estimate of drug-likeness (QED) is 0.822. The normalized spacial score (nSPS) is 10.3. The standard InChI is InChI=1S/C11H7BrFNS/c12-8-7-14-6-5-10(8)15-11-4-2-1-3-9(11)13/h1-7H. The molecule has 4 heteroatoms. The van der Waals surface area contributed by atoms with Crippen molar-refractivity contribution in [2.24, 2.45) is 0 Å². The van der Waals surface area contributed by atoms with Crippen LogP contribution in [-0.2, 0) is 0 Å². The minimum atomic E-state index is -0.203. The summed E-state index contributed by atoms with van der Waals surface area (Å²) in [6, 6.07) is 8.56. The Bertz CT molecular complexity index is 432. The average Bonchev–Trinajstić information content (AvgIpc) is 2.24. The van der Waals surface area contributed by atoms with Gasteiger partial charge in [0.05, 0.1) is 0 Å². The highest BCUT2D eigenvalue weighted by Gasteiger charge is 2.05. The van der Waals surface area contributed by atoms with Crippen LogP contribution in [0.25, 0.3) is 0 Å². The van der Waals surface area contributed by atoms with Gasteiger partial charge < -0.3 is 0 Å². The van der Waals surface area contributed by atoms with Crippen molar-refractivity contribution in [3.8, 4) is 0 Å². The molecule has 0 radical (unpaired) electrons. The van der Waals surface area contributed by atoms with Gasteiger partial charge in [0.25, 0.3) is 0 Å². The Morgan fingerprint density at radius 1 is 1.13 bits per heavy atom. The van der Waals surface area contributed by atoms with E-state index < -0.39 is 0 Å². The smallest absolute Gasteiger partial charge is 0.137 e. The fraction of sp³-hybridized carbons (Fsp3) is 0. The molecule has 0 N–H and O–H groups in total. The van der Waals surface area contributed by atoms with Crippen molar-refractivity contribution in [1.29, 1.82) is 0 Å². The van der Waals surface area contributed by atoms with Gasteiger partial charge in [-0.15, -0.1) is 0 Å². The van der Waals surface area contributed by atoms with E-state index in [9.17, 15) is 4.39 Å². The highest BCUT2D eigenvalue weighted by atomic mass is 79.9. The van der Waals surface area contributed by atoms with Crippen molar-refractivity contribution < 1.29 is 4.39 Å². The van der Waals surface area contributed by atoms with Crippen molar-refractivity contribution >= 4 is 27.7 Å². The van der Waals surface area contributed by atoms with Gasteiger partial charge in [-0.25, -0.2) is 4.39 Å². The van der Waals surface area contributed by atoms with Gasteiger partial charge in [0.1, 0.15) is 5.82 Å². The first kappa shape index (κ1) is 10.6. The first-order valence-corrected chi connectivity index (χ1v) is 5.90. The zero-order valence-electron chi connectivity index (χ0n) is 7.65. The zero-order valence-corrected chi connectivity index (χ0v) is 10.1. The molecule has 1 nitrogen and oxygen atoms in total. The fourth-order valence-electron chi connectivity index (χ4n) is 1.09. The molecule has 76 valence electrons. The molecule has 0 atom stereocenters. The minimum Gasteiger partial charge on any atom is -0.263 e. The third kappa shape index (κ3) is 2.58. The van der Waals surface area contributed by atoms with Crippen LogP contribution in [0.2, 0.25) is 0 Å². The lowest BCUT2D eigenvalue weighted by Gasteiger charge is -2.03. The molecule has 0 amide bonds. The number of benzene rings is 1. The number of aromatic nitrogens is 1. The summed E-state index contributed by atoms with van der Waals surface area (Å²) in [6.07, 6.45) is 3.39. The maximum absolute atomic E-state index is 13.4. The summed E-state index contributed by atoms with van der Waals surface area (Å²) in [5.74, 6) is -0.203. The Hall–Kier alpha value is -0.870. The molecule has 2 aromatic rings. The Morgan fingerprint density at radius 2 is 1.93 bits per heavy atom. The lowest BCUT2D eigenvalue weighted by molar-refractivity contribution is 0.602. The summed E-state index contributed by atoms with van der Waals surface area (Å²) >= 11 is 4.75. The number of hydrogen-bond donors (Lipinski definition) is 0. The summed E-state index contributed by atoms with van der Waals surface area (Å²) < 4.78 is 14.2. The first-order chi connectivity index (χ1) is 7.27. The third-order valence-electron chi connectivity index (χ3n) is 1.79. The SMILES string of the molecule is Fc1ccccc1Sc1ccncc1Br. The number of rotatable bonds is 2. The van der Waals surface area contributed by atoms with Crippen LogP contribution in [-0.4, -0.2) is 4.98 Å². The van der Waals surface area contributed by atoms with Crippen LogP contribution < -0.4 is 0 Å². The molecule has 0 unspecified atom stereocenters. The average molecular weight is 284 g/mol. The molecule has 2 rings (SSSR count). The Labute approximate surface area is 99.9 Å². The number of nitrogens with zero attached hydrogens (tertiary/aromatic N) is 1. The highest BCUT2D eigenvalue weighted by molar-refractivity contribution is 9.10. The molecule has 0 bridgehead atoms. The lowest BCUT2D eigenvalue weighted by atomic mass is 10.3. The molecule has 1 aromatic heterocycles. The van der Waals surface area contributed by atoms with Crippen molar-refractivity contribution in [2.75, 3.05) is 0 Å². The molecule has 0 saturated heterocycles. The van der Waals surface area contributed by atoms with Crippen LogP contribution in [0.15, 0.2) is 57.0 Å². The molecule has 0 fully saturated rings. The molecule has 0 spiro atoms. The van der Waals surface area contributed by atoms with Gasteiger partial charge in [0.15, 0.2) is 0 Å². The van der Waals surface area contributed by atoms with Crippen molar-refractivity contribution in [2.45, 2.75) is 9.79 Å². The summed E-state index contributed by atoms with van der Waals surface area (Å²) in [5, 5.41) is 0. The van der Waals surface area contributed by atoms with Gasteiger partial charge in [-0.3, -0.25) is 4.98 Å². The number of halogens is 2. The maximum atomic E-state index is 13.4.